The average Bonchev–Trinajstić information content (AvgIpc) is 2.49. The number of carbonyl (C=O) groups excluding carboxylic acids is 1. The van der Waals surface area contributed by atoms with Gasteiger partial charge in [0.05, 0.1) is 12.7 Å². The van der Waals surface area contributed by atoms with Gasteiger partial charge in [0.15, 0.2) is 0 Å². The molecule has 0 radical (unpaired) electrons. The summed E-state index contributed by atoms with van der Waals surface area (Å²) in [6, 6.07) is 5.73. The highest BCUT2D eigenvalue weighted by Gasteiger charge is 2.21. The minimum absolute atomic E-state index is 0.0630. The molecule has 1 aromatic rings. The average molecular weight is 319 g/mol. The number of aryl methyl sites for hydroxylation is 2. The van der Waals surface area contributed by atoms with Gasteiger partial charge in [-0.3, -0.25) is 4.90 Å². The Hall–Kier alpha value is -1.59. The Balaban J connectivity index is 1.76. The normalized spacial score (nSPS) is 18.9. The van der Waals surface area contributed by atoms with Gasteiger partial charge in [0, 0.05) is 31.9 Å². The lowest BCUT2D eigenvalue weighted by molar-refractivity contribution is -0.0288. The van der Waals surface area contributed by atoms with Crippen LogP contribution in [0.4, 0.5) is 10.5 Å². The van der Waals surface area contributed by atoms with Gasteiger partial charge in [0.25, 0.3) is 0 Å². The third-order valence-electron chi connectivity index (χ3n) is 4.10. The van der Waals surface area contributed by atoms with Gasteiger partial charge in [-0.25, -0.2) is 4.79 Å². The molecule has 128 valence electrons. The lowest BCUT2D eigenvalue weighted by atomic mass is 10.1. The summed E-state index contributed by atoms with van der Waals surface area (Å²) in [6.45, 7) is 12.7. The fourth-order valence-corrected chi connectivity index (χ4v) is 2.79. The van der Waals surface area contributed by atoms with Crippen LogP contribution in [-0.4, -0.2) is 49.8 Å². The van der Waals surface area contributed by atoms with E-state index in [0.29, 0.717) is 12.5 Å². The lowest BCUT2D eigenvalue weighted by Crippen LogP contribution is -2.48. The summed E-state index contributed by atoms with van der Waals surface area (Å²) in [5, 5.41) is 5.78. The van der Waals surface area contributed by atoms with Crippen LogP contribution < -0.4 is 10.6 Å². The number of rotatable bonds is 5. The van der Waals surface area contributed by atoms with Crippen molar-refractivity contribution >= 4 is 11.7 Å². The topological polar surface area (TPSA) is 53.6 Å². The first kappa shape index (κ1) is 17.8. The van der Waals surface area contributed by atoms with Crippen LogP contribution in [0.15, 0.2) is 18.2 Å². The van der Waals surface area contributed by atoms with E-state index in [1.54, 1.807) is 0 Å². The molecule has 5 heteroatoms. The predicted molar refractivity (Wildman–Crippen MR) is 94.0 cm³/mol. The molecule has 0 bridgehead atoms. The molecule has 2 amide bonds. The zero-order chi connectivity index (χ0) is 16.8. The molecular weight excluding hydrogens is 290 g/mol. The van der Waals surface area contributed by atoms with Gasteiger partial charge in [0.2, 0.25) is 0 Å². The van der Waals surface area contributed by atoms with E-state index in [4.69, 9.17) is 4.74 Å². The fourth-order valence-electron chi connectivity index (χ4n) is 2.79. The maximum Gasteiger partial charge on any atom is 0.319 e. The van der Waals surface area contributed by atoms with Crippen LogP contribution in [0.1, 0.15) is 25.0 Å². The zero-order valence-corrected chi connectivity index (χ0v) is 14.7. The summed E-state index contributed by atoms with van der Waals surface area (Å²) in [5.41, 5.74) is 3.20. The van der Waals surface area contributed by atoms with Crippen molar-refractivity contribution in [3.63, 3.8) is 0 Å². The number of hydrogen-bond acceptors (Lipinski definition) is 3. The van der Waals surface area contributed by atoms with E-state index in [0.717, 1.165) is 31.9 Å². The Morgan fingerprint density at radius 2 is 2.13 bits per heavy atom. The minimum atomic E-state index is -0.183. The van der Waals surface area contributed by atoms with Gasteiger partial charge in [-0.15, -0.1) is 0 Å². The van der Waals surface area contributed by atoms with E-state index in [-0.39, 0.29) is 12.1 Å². The molecule has 1 fully saturated rings. The molecule has 0 aliphatic carbocycles. The molecule has 1 aromatic carbocycles. The van der Waals surface area contributed by atoms with E-state index < -0.39 is 0 Å². The van der Waals surface area contributed by atoms with Crippen LogP contribution in [0.2, 0.25) is 0 Å². The molecular formula is C18H29N3O2. The standard InChI is InChI=1S/C18H29N3O2/c1-13(2)11-21-7-8-23-17(12-21)10-19-18(22)20-16-6-5-14(3)15(4)9-16/h5-6,9,13,17H,7-8,10-12H2,1-4H3,(H2,19,20,22). The molecule has 0 spiro atoms. The van der Waals surface area contributed by atoms with Crippen molar-refractivity contribution in [3.8, 4) is 0 Å². The summed E-state index contributed by atoms with van der Waals surface area (Å²) in [4.78, 5) is 14.4. The highest BCUT2D eigenvalue weighted by Crippen LogP contribution is 2.14. The molecule has 1 aliphatic rings. The Morgan fingerprint density at radius 3 is 2.83 bits per heavy atom. The number of carbonyl (C=O) groups is 1. The number of nitrogens with one attached hydrogen (secondary N) is 2. The zero-order valence-electron chi connectivity index (χ0n) is 14.7. The fraction of sp³-hybridized carbons (Fsp3) is 0.611. The van der Waals surface area contributed by atoms with Gasteiger partial charge in [-0.1, -0.05) is 19.9 Å². The van der Waals surface area contributed by atoms with Crippen molar-refractivity contribution in [2.45, 2.75) is 33.8 Å². The number of urea groups is 1. The van der Waals surface area contributed by atoms with Crippen LogP contribution in [0.25, 0.3) is 0 Å². The largest absolute Gasteiger partial charge is 0.374 e. The number of nitrogens with zero attached hydrogens (tertiary/aromatic N) is 1. The summed E-state index contributed by atoms with van der Waals surface area (Å²) >= 11 is 0. The molecule has 1 heterocycles. The van der Waals surface area contributed by atoms with Crippen molar-refractivity contribution in [1.82, 2.24) is 10.2 Å². The highest BCUT2D eigenvalue weighted by molar-refractivity contribution is 5.89. The van der Waals surface area contributed by atoms with Crippen LogP contribution in [0, 0.1) is 19.8 Å². The van der Waals surface area contributed by atoms with Crippen LogP contribution >= 0.6 is 0 Å². The smallest absolute Gasteiger partial charge is 0.319 e. The summed E-state index contributed by atoms with van der Waals surface area (Å²) in [5.74, 6) is 0.648. The number of amides is 2. The van der Waals surface area contributed by atoms with Crippen LogP contribution in [0.3, 0.4) is 0 Å². The molecule has 1 aliphatic heterocycles. The molecule has 0 aromatic heterocycles. The lowest BCUT2D eigenvalue weighted by Gasteiger charge is -2.33. The van der Waals surface area contributed by atoms with E-state index in [2.05, 4.69) is 36.3 Å². The SMILES string of the molecule is Cc1ccc(NC(=O)NCC2CN(CC(C)C)CCO2)cc1C. The van der Waals surface area contributed by atoms with Crippen molar-refractivity contribution in [1.29, 1.82) is 0 Å². The molecule has 0 saturated carbocycles. The number of hydrogen-bond donors (Lipinski definition) is 2. The van der Waals surface area contributed by atoms with Gasteiger partial charge < -0.3 is 15.4 Å². The van der Waals surface area contributed by atoms with E-state index in [9.17, 15) is 4.79 Å². The highest BCUT2D eigenvalue weighted by atomic mass is 16.5. The summed E-state index contributed by atoms with van der Waals surface area (Å²) in [7, 11) is 0. The second kappa shape index (κ2) is 8.31. The van der Waals surface area contributed by atoms with E-state index in [1.165, 1.54) is 11.1 Å². The predicted octanol–water partition coefficient (Wildman–Crippen LogP) is 2.78. The maximum absolute atomic E-state index is 12.0. The van der Waals surface area contributed by atoms with Crippen molar-refractivity contribution < 1.29 is 9.53 Å². The first-order chi connectivity index (χ1) is 10.9. The number of benzene rings is 1. The molecule has 1 unspecified atom stereocenters. The Bertz CT molecular complexity index is 531. The Morgan fingerprint density at radius 1 is 1.35 bits per heavy atom. The minimum Gasteiger partial charge on any atom is -0.374 e. The maximum atomic E-state index is 12.0. The van der Waals surface area contributed by atoms with Gasteiger partial charge in [0.1, 0.15) is 0 Å². The van der Waals surface area contributed by atoms with Gasteiger partial charge in [-0.05, 0) is 43.0 Å². The van der Waals surface area contributed by atoms with E-state index in [1.807, 2.05) is 25.1 Å². The Kier molecular flexibility index (Phi) is 6.42. The number of morpholine rings is 1. The van der Waals surface area contributed by atoms with E-state index >= 15 is 0 Å². The first-order valence-electron chi connectivity index (χ1n) is 8.40. The second-order valence-corrected chi connectivity index (χ2v) is 6.78. The quantitative estimate of drug-likeness (QED) is 0.877. The van der Waals surface area contributed by atoms with Crippen molar-refractivity contribution in [3.05, 3.63) is 29.3 Å². The molecule has 5 nitrogen and oxygen atoms in total. The number of ether oxygens (including phenoxy) is 1. The first-order valence-corrected chi connectivity index (χ1v) is 8.40. The van der Waals surface area contributed by atoms with Crippen molar-refractivity contribution in [2.24, 2.45) is 5.92 Å². The second-order valence-electron chi connectivity index (χ2n) is 6.78. The summed E-state index contributed by atoms with van der Waals surface area (Å²) in [6.07, 6.45) is 0.0630. The van der Waals surface area contributed by atoms with Crippen molar-refractivity contribution in [2.75, 3.05) is 38.1 Å². The van der Waals surface area contributed by atoms with Gasteiger partial charge in [-0.2, -0.15) is 0 Å². The molecule has 2 rings (SSSR count). The molecule has 2 N–H and O–H groups in total. The molecule has 23 heavy (non-hydrogen) atoms. The molecule has 1 saturated heterocycles. The Labute approximate surface area is 139 Å². The monoisotopic (exact) mass is 319 g/mol. The third kappa shape index (κ3) is 5.84. The number of anilines is 1. The summed E-state index contributed by atoms with van der Waals surface area (Å²) < 4.78 is 5.74. The van der Waals surface area contributed by atoms with Crippen LogP contribution in [-0.2, 0) is 4.74 Å². The van der Waals surface area contributed by atoms with Crippen LogP contribution in [0.5, 0.6) is 0 Å². The van der Waals surface area contributed by atoms with Gasteiger partial charge >= 0.3 is 6.03 Å². The molecule has 1 atom stereocenters. The third-order valence-corrected chi connectivity index (χ3v) is 4.10.